The van der Waals surface area contributed by atoms with Crippen molar-refractivity contribution in [2.45, 2.75) is 51.9 Å². The van der Waals surface area contributed by atoms with Crippen LogP contribution in [0.3, 0.4) is 0 Å². The quantitative estimate of drug-likeness (QED) is 0.600. The maximum absolute atomic E-state index is 8.57. The molecular weight excluding hydrogens is 222 g/mol. The summed E-state index contributed by atoms with van der Waals surface area (Å²) in [6.45, 7) is 3.03. The van der Waals surface area contributed by atoms with Crippen LogP contribution in [0.15, 0.2) is 24.3 Å². The number of hydrogen-bond donors (Lipinski definition) is 0. The van der Waals surface area contributed by atoms with E-state index in [1.54, 1.807) is 0 Å². The van der Waals surface area contributed by atoms with E-state index in [4.69, 9.17) is 10.00 Å². The monoisotopic (exact) mass is 245 g/mol. The van der Waals surface area contributed by atoms with Gasteiger partial charge in [-0.05, 0) is 24.1 Å². The Morgan fingerprint density at radius 3 is 2.33 bits per heavy atom. The van der Waals surface area contributed by atoms with Crippen molar-refractivity contribution in [3.05, 3.63) is 29.8 Å². The molecule has 0 saturated heterocycles. The average molecular weight is 245 g/mol. The number of ether oxygens (including phenoxy) is 1. The van der Waals surface area contributed by atoms with Gasteiger partial charge in [-0.3, -0.25) is 0 Å². The Morgan fingerprint density at radius 2 is 1.67 bits per heavy atom. The molecule has 2 heteroatoms. The lowest BCUT2D eigenvalue weighted by atomic mass is 10.1. The highest BCUT2D eigenvalue weighted by molar-refractivity contribution is 5.28. The smallest absolute Gasteiger partial charge is 0.119 e. The number of unbranched alkanes of at least 4 members (excludes halogenated alkanes) is 5. The minimum atomic E-state index is 0.470. The fourth-order valence-electron chi connectivity index (χ4n) is 1.87. The Bertz CT molecular complexity index is 350. The lowest BCUT2D eigenvalue weighted by Crippen LogP contribution is -1.97. The fourth-order valence-corrected chi connectivity index (χ4v) is 1.87. The summed E-state index contributed by atoms with van der Waals surface area (Å²) >= 11 is 0. The van der Waals surface area contributed by atoms with Crippen LogP contribution in [0.25, 0.3) is 0 Å². The zero-order chi connectivity index (χ0) is 13.1. The molecule has 0 spiro atoms. The van der Waals surface area contributed by atoms with Gasteiger partial charge in [0.2, 0.25) is 0 Å². The minimum absolute atomic E-state index is 0.470. The van der Waals surface area contributed by atoms with Gasteiger partial charge in [-0.2, -0.15) is 5.26 Å². The number of hydrogen-bond acceptors (Lipinski definition) is 2. The molecular formula is C16H23NO. The summed E-state index contributed by atoms with van der Waals surface area (Å²) in [5, 5.41) is 8.57. The first kappa shape index (κ1) is 14.6. The third-order valence-electron chi connectivity index (χ3n) is 2.97. The van der Waals surface area contributed by atoms with Crippen LogP contribution in [0, 0.1) is 11.3 Å². The van der Waals surface area contributed by atoms with Gasteiger partial charge in [-0.25, -0.2) is 0 Å². The van der Waals surface area contributed by atoms with Gasteiger partial charge < -0.3 is 4.74 Å². The zero-order valence-electron chi connectivity index (χ0n) is 11.3. The Labute approximate surface area is 111 Å². The molecule has 0 heterocycles. The normalized spacial score (nSPS) is 10.0. The molecule has 0 saturated carbocycles. The van der Waals surface area contributed by atoms with Crippen LogP contribution in [0.4, 0.5) is 0 Å². The molecule has 0 aliphatic carbocycles. The zero-order valence-corrected chi connectivity index (χ0v) is 11.3. The average Bonchev–Trinajstić information content (AvgIpc) is 2.40. The first-order valence-electron chi connectivity index (χ1n) is 6.95. The molecule has 0 radical (unpaired) electrons. The Morgan fingerprint density at radius 1 is 1.00 bits per heavy atom. The minimum Gasteiger partial charge on any atom is -0.494 e. The second kappa shape index (κ2) is 9.53. The summed E-state index contributed by atoms with van der Waals surface area (Å²) in [6.07, 6.45) is 8.16. The molecule has 2 nitrogen and oxygen atoms in total. The van der Waals surface area contributed by atoms with Gasteiger partial charge in [0.15, 0.2) is 0 Å². The molecule has 0 aromatic heterocycles. The van der Waals surface area contributed by atoms with E-state index in [0.717, 1.165) is 24.3 Å². The third kappa shape index (κ3) is 6.30. The Balaban J connectivity index is 2.10. The largest absolute Gasteiger partial charge is 0.494 e. The summed E-state index contributed by atoms with van der Waals surface area (Å²) in [7, 11) is 0. The molecule has 1 aromatic rings. The summed E-state index contributed by atoms with van der Waals surface area (Å²) in [4.78, 5) is 0. The summed E-state index contributed by atoms with van der Waals surface area (Å²) in [5.41, 5.74) is 1.05. The first-order valence-corrected chi connectivity index (χ1v) is 6.95. The molecule has 0 atom stereocenters. The molecule has 0 bridgehead atoms. The van der Waals surface area contributed by atoms with Gasteiger partial charge in [-0.15, -0.1) is 0 Å². The first-order chi connectivity index (χ1) is 8.86. The molecule has 0 unspecified atom stereocenters. The van der Waals surface area contributed by atoms with Crippen LogP contribution in [0.1, 0.15) is 51.0 Å². The fraction of sp³-hybridized carbons (Fsp3) is 0.562. The van der Waals surface area contributed by atoms with Crippen molar-refractivity contribution in [1.82, 2.24) is 0 Å². The van der Waals surface area contributed by atoms with Gasteiger partial charge in [0, 0.05) is 0 Å². The lowest BCUT2D eigenvalue weighted by Gasteiger charge is -2.06. The van der Waals surface area contributed by atoms with Crippen molar-refractivity contribution in [3.63, 3.8) is 0 Å². The number of nitriles is 1. The van der Waals surface area contributed by atoms with E-state index in [0.29, 0.717) is 6.42 Å². The van der Waals surface area contributed by atoms with Crippen molar-refractivity contribution >= 4 is 0 Å². The van der Waals surface area contributed by atoms with Crippen molar-refractivity contribution in [2.24, 2.45) is 0 Å². The maximum Gasteiger partial charge on any atom is 0.119 e. The highest BCUT2D eigenvalue weighted by Gasteiger charge is 1.95. The third-order valence-corrected chi connectivity index (χ3v) is 2.97. The number of rotatable bonds is 9. The van der Waals surface area contributed by atoms with Gasteiger partial charge in [0.05, 0.1) is 19.1 Å². The standard InChI is InChI=1S/C16H23NO/c1-2-3-4-5-6-7-14-18-16-10-8-15(9-11-16)12-13-17/h8-11H,2-7,12,14H2,1H3. The topological polar surface area (TPSA) is 33.0 Å². The van der Waals surface area contributed by atoms with Crippen LogP contribution >= 0.6 is 0 Å². The van der Waals surface area contributed by atoms with E-state index in [-0.39, 0.29) is 0 Å². The molecule has 0 aliphatic heterocycles. The van der Waals surface area contributed by atoms with Crippen molar-refractivity contribution in [1.29, 1.82) is 5.26 Å². The van der Waals surface area contributed by atoms with E-state index in [1.165, 1.54) is 32.1 Å². The lowest BCUT2D eigenvalue weighted by molar-refractivity contribution is 0.304. The van der Waals surface area contributed by atoms with Crippen molar-refractivity contribution in [2.75, 3.05) is 6.61 Å². The van der Waals surface area contributed by atoms with E-state index in [1.807, 2.05) is 24.3 Å². The van der Waals surface area contributed by atoms with Gasteiger partial charge in [-0.1, -0.05) is 51.2 Å². The second-order valence-electron chi connectivity index (χ2n) is 4.60. The Hall–Kier alpha value is -1.49. The molecule has 1 rings (SSSR count). The van der Waals surface area contributed by atoms with E-state index in [9.17, 15) is 0 Å². The summed E-state index contributed by atoms with van der Waals surface area (Å²) < 4.78 is 5.66. The molecule has 98 valence electrons. The van der Waals surface area contributed by atoms with Crippen LogP contribution in [-0.2, 0) is 6.42 Å². The molecule has 0 amide bonds. The van der Waals surface area contributed by atoms with Crippen molar-refractivity contribution < 1.29 is 4.74 Å². The summed E-state index contributed by atoms with van der Waals surface area (Å²) in [5.74, 6) is 0.908. The van der Waals surface area contributed by atoms with Gasteiger partial charge >= 0.3 is 0 Å². The molecule has 0 aliphatic rings. The molecule has 1 aromatic carbocycles. The van der Waals surface area contributed by atoms with Gasteiger partial charge in [0.1, 0.15) is 5.75 Å². The number of nitrogens with zero attached hydrogens (tertiary/aromatic N) is 1. The van der Waals surface area contributed by atoms with Crippen LogP contribution < -0.4 is 4.74 Å². The maximum atomic E-state index is 8.57. The second-order valence-corrected chi connectivity index (χ2v) is 4.60. The molecule has 0 N–H and O–H groups in total. The predicted octanol–water partition coefficient (Wildman–Crippen LogP) is 4.49. The number of benzene rings is 1. The SMILES string of the molecule is CCCCCCCCOc1ccc(CC#N)cc1. The van der Waals surface area contributed by atoms with Crippen LogP contribution in [0.2, 0.25) is 0 Å². The predicted molar refractivity (Wildman–Crippen MR) is 74.6 cm³/mol. The van der Waals surface area contributed by atoms with E-state index >= 15 is 0 Å². The highest BCUT2D eigenvalue weighted by atomic mass is 16.5. The Kier molecular flexibility index (Phi) is 7.72. The molecule has 0 fully saturated rings. The van der Waals surface area contributed by atoms with Crippen molar-refractivity contribution in [3.8, 4) is 11.8 Å². The van der Waals surface area contributed by atoms with E-state index in [2.05, 4.69) is 13.0 Å². The highest BCUT2D eigenvalue weighted by Crippen LogP contribution is 2.13. The summed E-state index contributed by atoms with van der Waals surface area (Å²) in [6, 6.07) is 9.95. The van der Waals surface area contributed by atoms with E-state index < -0.39 is 0 Å². The molecule has 18 heavy (non-hydrogen) atoms. The van der Waals surface area contributed by atoms with Crippen LogP contribution in [-0.4, -0.2) is 6.61 Å². The van der Waals surface area contributed by atoms with Gasteiger partial charge in [0.25, 0.3) is 0 Å². The van der Waals surface area contributed by atoms with Crippen LogP contribution in [0.5, 0.6) is 5.75 Å².